The smallest absolute Gasteiger partial charge is 0.224 e. The zero-order valence-electron chi connectivity index (χ0n) is 22.8. The lowest BCUT2D eigenvalue weighted by Crippen LogP contribution is -2.49. The van der Waals surface area contributed by atoms with E-state index in [1.54, 1.807) is 23.5 Å². The quantitative estimate of drug-likeness (QED) is 0.210. The number of anilines is 2. The van der Waals surface area contributed by atoms with E-state index < -0.39 is 0 Å². The molecule has 1 fully saturated rings. The molecule has 1 aliphatic heterocycles. The van der Waals surface area contributed by atoms with E-state index >= 15 is 0 Å². The Kier molecular flexibility index (Phi) is 8.18. The zero-order valence-corrected chi connectivity index (χ0v) is 23.6. The van der Waals surface area contributed by atoms with E-state index in [9.17, 15) is 9.18 Å². The van der Waals surface area contributed by atoms with Crippen molar-refractivity contribution in [1.82, 2.24) is 14.9 Å². The molecule has 1 aliphatic rings. The molecule has 0 atom stereocenters. The average Bonchev–Trinajstić information content (AvgIpc) is 3.57. The second-order valence-electron chi connectivity index (χ2n) is 10.2. The first kappa shape index (κ1) is 26.9. The molecule has 0 bridgehead atoms. The summed E-state index contributed by atoms with van der Waals surface area (Å²) in [7, 11) is 0. The summed E-state index contributed by atoms with van der Waals surface area (Å²) < 4.78 is 14.3. The summed E-state index contributed by atoms with van der Waals surface area (Å²) in [5.74, 6) is 1.45. The molecule has 0 radical (unpaired) electrons. The van der Waals surface area contributed by atoms with E-state index in [0.29, 0.717) is 50.7 Å². The number of amides is 1. The van der Waals surface area contributed by atoms with Gasteiger partial charge in [-0.2, -0.15) is 0 Å². The van der Waals surface area contributed by atoms with Gasteiger partial charge in [0.2, 0.25) is 5.91 Å². The fraction of sp³-hybridized carbons (Fsp3) is 0.242. The van der Waals surface area contributed by atoms with E-state index in [4.69, 9.17) is 9.97 Å². The van der Waals surface area contributed by atoms with Crippen LogP contribution in [0.25, 0.3) is 21.6 Å². The summed E-state index contributed by atoms with van der Waals surface area (Å²) in [5, 5.41) is 3.01. The fourth-order valence-electron chi connectivity index (χ4n) is 5.34. The number of aromatic nitrogens is 2. The third kappa shape index (κ3) is 6.23. The maximum Gasteiger partial charge on any atom is 0.224 e. The van der Waals surface area contributed by atoms with Crippen LogP contribution in [0.15, 0.2) is 96.4 Å². The van der Waals surface area contributed by atoms with Gasteiger partial charge in [-0.3, -0.25) is 4.79 Å². The predicted molar refractivity (Wildman–Crippen MR) is 165 cm³/mol. The topological polar surface area (TPSA) is 52.6 Å². The molecular weight excluding hydrogens is 533 g/mol. The molecule has 0 saturated carbocycles. The largest absolute Gasteiger partial charge is 0.366 e. The molecule has 2 aromatic heterocycles. The molecule has 1 amide bonds. The Balaban J connectivity index is 1.21. The summed E-state index contributed by atoms with van der Waals surface area (Å²) in [4.78, 5) is 30.5. The lowest BCUT2D eigenvalue weighted by molar-refractivity contribution is -0.131. The highest BCUT2D eigenvalue weighted by molar-refractivity contribution is 7.13. The SMILES string of the molecule is O=C(CCN(CCc1ccccc1)c1nc(-c2cccs2)nc2ccccc12)N1CCN(c2ccccc2F)CC1. The number of thiophene rings is 1. The molecule has 3 aromatic carbocycles. The third-order valence-electron chi connectivity index (χ3n) is 7.56. The summed E-state index contributed by atoms with van der Waals surface area (Å²) in [6.07, 6.45) is 1.21. The number of hydrogen-bond acceptors (Lipinski definition) is 6. The van der Waals surface area contributed by atoms with Gasteiger partial charge >= 0.3 is 0 Å². The molecule has 0 N–H and O–H groups in total. The van der Waals surface area contributed by atoms with Crippen LogP contribution in [0.4, 0.5) is 15.9 Å². The average molecular weight is 566 g/mol. The number of benzene rings is 3. The van der Waals surface area contributed by atoms with Crippen LogP contribution in [-0.4, -0.2) is 60.0 Å². The van der Waals surface area contributed by atoms with Gasteiger partial charge in [0.05, 0.1) is 16.1 Å². The number of halogens is 1. The number of hydrogen-bond donors (Lipinski definition) is 0. The summed E-state index contributed by atoms with van der Waals surface area (Å²) in [5.41, 5.74) is 2.73. The maximum atomic E-state index is 14.3. The van der Waals surface area contributed by atoms with E-state index in [1.807, 2.05) is 57.6 Å². The molecule has 6 nitrogen and oxygen atoms in total. The molecule has 0 aliphatic carbocycles. The molecule has 8 heteroatoms. The first-order valence-electron chi connectivity index (χ1n) is 14.0. The number of nitrogens with zero attached hydrogens (tertiary/aromatic N) is 5. The van der Waals surface area contributed by atoms with Gasteiger partial charge < -0.3 is 14.7 Å². The van der Waals surface area contributed by atoms with Gasteiger partial charge in [-0.25, -0.2) is 14.4 Å². The van der Waals surface area contributed by atoms with Crippen LogP contribution in [-0.2, 0) is 11.2 Å². The Hall–Kier alpha value is -4.30. The Labute approximate surface area is 243 Å². The van der Waals surface area contributed by atoms with Gasteiger partial charge in [0, 0.05) is 51.1 Å². The maximum absolute atomic E-state index is 14.3. The third-order valence-corrected chi connectivity index (χ3v) is 8.42. The summed E-state index contributed by atoms with van der Waals surface area (Å²) in [6.45, 7) is 3.66. The minimum absolute atomic E-state index is 0.111. The van der Waals surface area contributed by atoms with Crippen LogP contribution in [0.5, 0.6) is 0 Å². The van der Waals surface area contributed by atoms with Gasteiger partial charge in [-0.1, -0.05) is 60.7 Å². The first-order chi connectivity index (χ1) is 20.2. The van der Waals surface area contributed by atoms with E-state index in [0.717, 1.165) is 34.6 Å². The predicted octanol–water partition coefficient (Wildman–Crippen LogP) is 6.29. The Morgan fingerprint density at radius 1 is 0.829 bits per heavy atom. The fourth-order valence-corrected chi connectivity index (χ4v) is 6.00. The standard InChI is InChI=1S/C33H32FN5OS/c34-27-12-5-7-14-29(27)37-20-22-38(23-21-37)31(40)17-19-39(18-16-25-9-2-1-3-10-25)33-26-11-4-6-13-28(26)35-32(36-33)30-15-8-24-41-30/h1-15,24H,16-23H2. The highest BCUT2D eigenvalue weighted by Crippen LogP contribution is 2.30. The van der Waals surface area contributed by atoms with Crippen molar-refractivity contribution in [2.45, 2.75) is 12.8 Å². The lowest BCUT2D eigenvalue weighted by atomic mass is 10.1. The minimum Gasteiger partial charge on any atom is -0.366 e. The molecule has 6 rings (SSSR count). The monoisotopic (exact) mass is 565 g/mol. The molecule has 0 unspecified atom stereocenters. The van der Waals surface area contributed by atoms with Gasteiger partial charge in [0.25, 0.3) is 0 Å². The number of piperazine rings is 1. The van der Waals surface area contributed by atoms with Gasteiger partial charge in [-0.05, 0) is 47.7 Å². The summed E-state index contributed by atoms with van der Waals surface area (Å²) >= 11 is 1.62. The highest BCUT2D eigenvalue weighted by atomic mass is 32.1. The van der Waals surface area contributed by atoms with Gasteiger partial charge in [-0.15, -0.1) is 11.3 Å². The highest BCUT2D eigenvalue weighted by Gasteiger charge is 2.24. The van der Waals surface area contributed by atoms with E-state index in [-0.39, 0.29) is 11.7 Å². The number of rotatable bonds is 9. The Bertz CT molecular complexity index is 1600. The van der Waals surface area contributed by atoms with Crippen LogP contribution in [0.3, 0.4) is 0 Å². The van der Waals surface area contributed by atoms with Crippen LogP contribution in [0.1, 0.15) is 12.0 Å². The molecule has 3 heterocycles. The van der Waals surface area contributed by atoms with Crippen LogP contribution in [0.2, 0.25) is 0 Å². The van der Waals surface area contributed by atoms with E-state index in [1.165, 1.54) is 11.6 Å². The normalized spacial score (nSPS) is 13.5. The minimum atomic E-state index is -0.222. The second-order valence-corrected chi connectivity index (χ2v) is 11.1. The van der Waals surface area contributed by atoms with Crippen molar-refractivity contribution in [3.05, 3.63) is 108 Å². The molecule has 0 spiro atoms. The lowest BCUT2D eigenvalue weighted by Gasteiger charge is -2.36. The van der Waals surface area contributed by atoms with Crippen molar-refractivity contribution in [1.29, 1.82) is 0 Å². The molecular formula is C33H32FN5OS. The Morgan fingerprint density at radius 3 is 2.37 bits per heavy atom. The number of carbonyl (C=O) groups is 1. The van der Waals surface area contributed by atoms with Crippen molar-refractivity contribution in [2.24, 2.45) is 0 Å². The number of para-hydroxylation sites is 2. The van der Waals surface area contributed by atoms with Gasteiger partial charge in [0.1, 0.15) is 11.6 Å². The first-order valence-corrected chi connectivity index (χ1v) is 14.9. The van der Waals surface area contributed by atoms with Crippen LogP contribution < -0.4 is 9.80 Å². The molecule has 41 heavy (non-hydrogen) atoms. The van der Waals surface area contributed by atoms with Crippen molar-refractivity contribution in [3.63, 3.8) is 0 Å². The van der Waals surface area contributed by atoms with Gasteiger partial charge in [0.15, 0.2) is 5.82 Å². The zero-order chi connectivity index (χ0) is 28.0. The molecule has 5 aromatic rings. The van der Waals surface area contributed by atoms with Crippen molar-refractivity contribution in [2.75, 3.05) is 49.1 Å². The Morgan fingerprint density at radius 2 is 1.59 bits per heavy atom. The number of fused-ring (bicyclic) bond motifs is 1. The van der Waals surface area contributed by atoms with Crippen molar-refractivity contribution >= 4 is 39.7 Å². The second kappa shape index (κ2) is 12.5. The van der Waals surface area contributed by atoms with E-state index in [2.05, 4.69) is 35.2 Å². The molecule has 208 valence electrons. The van der Waals surface area contributed by atoms with Crippen LogP contribution >= 0.6 is 11.3 Å². The van der Waals surface area contributed by atoms with Crippen molar-refractivity contribution in [3.8, 4) is 10.7 Å². The summed E-state index contributed by atoms with van der Waals surface area (Å²) in [6, 6.07) is 29.4. The van der Waals surface area contributed by atoms with Crippen molar-refractivity contribution < 1.29 is 9.18 Å². The van der Waals surface area contributed by atoms with Crippen LogP contribution in [0, 0.1) is 5.82 Å². The molecule has 1 saturated heterocycles. The number of carbonyl (C=O) groups excluding carboxylic acids is 1.